The molecule has 0 aromatic heterocycles. The van der Waals surface area contributed by atoms with E-state index in [4.69, 9.17) is 5.73 Å². The van der Waals surface area contributed by atoms with Gasteiger partial charge in [-0.25, -0.2) is 4.39 Å². The Bertz CT molecular complexity index is 618. The first-order valence-electron chi connectivity index (χ1n) is 5.90. The number of hydrogen-bond acceptors (Lipinski definition) is 2. The van der Waals surface area contributed by atoms with E-state index in [9.17, 15) is 9.18 Å². The molecule has 0 aliphatic carbocycles. The molecule has 19 heavy (non-hydrogen) atoms. The van der Waals surface area contributed by atoms with Crippen molar-refractivity contribution < 1.29 is 9.18 Å². The molecule has 0 unspecified atom stereocenters. The third-order valence-electron chi connectivity index (χ3n) is 2.80. The van der Waals surface area contributed by atoms with E-state index in [1.807, 2.05) is 6.92 Å². The first-order chi connectivity index (χ1) is 8.95. The van der Waals surface area contributed by atoms with Gasteiger partial charge >= 0.3 is 0 Å². The quantitative estimate of drug-likeness (QED) is 0.812. The smallest absolute Gasteiger partial charge is 0.255 e. The van der Waals surface area contributed by atoms with Gasteiger partial charge in [0.1, 0.15) is 5.82 Å². The zero-order valence-electron chi connectivity index (χ0n) is 10.8. The fourth-order valence-corrected chi connectivity index (χ4v) is 1.89. The number of nitrogens with two attached hydrogens (primary N) is 1. The standard InChI is InChI=1S/C15H15FN2O/c1-9-5-11(8-12(16)6-9)15(19)18-14-4-3-13(17)7-10(14)2/h3-8H,17H2,1-2H3,(H,18,19). The van der Waals surface area contributed by atoms with Gasteiger partial charge in [0.05, 0.1) is 0 Å². The average molecular weight is 258 g/mol. The Morgan fingerprint density at radius 2 is 1.89 bits per heavy atom. The minimum absolute atomic E-state index is 0.300. The lowest BCUT2D eigenvalue weighted by Crippen LogP contribution is -2.13. The maximum atomic E-state index is 13.3. The van der Waals surface area contributed by atoms with Crippen molar-refractivity contribution in [3.8, 4) is 0 Å². The van der Waals surface area contributed by atoms with E-state index in [2.05, 4.69) is 5.32 Å². The largest absolute Gasteiger partial charge is 0.399 e. The van der Waals surface area contributed by atoms with Crippen LogP contribution in [-0.2, 0) is 0 Å². The lowest BCUT2D eigenvalue weighted by atomic mass is 10.1. The summed E-state index contributed by atoms with van der Waals surface area (Å²) in [5.41, 5.74) is 8.82. The van der Waals surface area contributed by atoms with Crippen molar-refractivity contribution in [3.63, 3.8) is 0 Å². The van der Waals surface area contributed by atoms with Gasteiger partial charge in [-0.1, -0.05) is 0 Å². The molecule has 2 rings (SSSR count). The number of hydrogen-bond donors (Lipinski definition) is 2. The molecule has 4 heteroatoms. The van der Waals surface area contributed by atoms with Crippen LogP contribution in [0.3, 0.4) is 0 Å². The van der Waals surface area contributed by atoms with Gasteiger partial charge in [0.25, 0.3) is 5.91 Å². The molecule has 0 aliphatic heterocycles. The second kappa shape index (κ2) is 5.10. The summed E-state index contributed by atoms with van der Waals surface area (Å²) in [6.45, 7) is 3.59. The first kappa shape index (κ1) is 13.1. The SMILES string of the molecule is Cc1cc(F)cc(C(=O)Nc2ccc(N)cc2C)c1. The van der Waals surface area contributed by atoms with Crippen LogP contribution in [0.4, 0.5) is 15.8 Å². The molecule has 0 spiro atoms. The van der Waals surface area contributed by atoms with Crippen LogP contribution >= 0.6 is 0 Å². The predicted octanol–water partition coefficient (Wildman–Crippen LogP) is 3.28. The van der Waals surface area contributed by atoms with E-state index in [1.165, 1.54) is 12.1 Å². The molecule has 3 N–H and O–H groups in total. The van der Waals surface area contributed by atoms with Crippen LogP contribution in [0.25, 0.3) is 0 Å². The predicted molar refractivity (Wildman–Crippen MR) is 74.7 cm³/mol. The number of anilines is 2. The zero-order chi connectivity index (χ0) is 14.0. The number of nitrogen functional groups attached to an aromatic ring is 1. The number of nitrogens with one attached hydrogen (secondary N) is 1. The molecule has 1 amide bonds. The van der Waals surface area contributed by atoms with Crippen LogP contribution < -0.4 is 11.1 Å². The number of aryl methyl sites for hydroxylation is 2. The summed E-state index contributed by atoms with van der Waals surface area (Å²) in [6, 6.07) is 9.45. The van der Waals surface area contributed by atoms with Crippen LogP contribution in [0.15, 0.2) is 36.4 Å². The van der Waals surface area contributed by atoms with Crippen LogP contribution in [0.2, 0.25) is 0 Å². The summed E-state index contributed by atoms with van der Waals surface area (Å²) in [4.78, 5) is 12.0. The number of benzene rings is 2. The van der Waals surface area contributed by atoms with Gasteiger partial charge in [-0.05, 0) is 61.4 Å². The normalized spacial score (nSPS) is 10.3. The molecule has 0 aliphatic rings. The highest BCUT2D eigenvalue weighted by atomic mass is 19.1. The van der Waals surface area contributed by atoms with Crippen molar-refractivity contribution >= 4 is 17.3 Å². The summed E-state index contributed by atoms with van der Waals surface area (Å²) < 4.78 is 13.3. The Hall–Kier alpha value is -2.36. The van der Waals surface area contributed by atoms with Gasteiger partial charge in [0.15, 0.2) is 0 Å². The van der Waals surface area contributed by atoms with Crippen molar-refractivity contribution in [2.45, 2.75) is 13.8 Å². The number of carbonyl (C=O) groups excluding carboxylic acids is 1. The second-order valence-corrected chi connectivity index (χ2v) is 4.55. The molecule has 3 nitrogen and oxygen atoms in total. The number of amides is 1. The maximum absolute atomic E-state index is 13.3. The van der Waals surface area contributed by atoms with Crippen molar-refractivity contribution in [1.82, 2.24) is 0 Å². The van der Waals surface area contributed by atoms with E-state index >= 15 is 0 Å². The van der Waals surface area contributed by atoms with Crippen molar-refractivity contribution in [1.29, 1.82) is 0 Å². The fourth-order valence-electron chi connectivity index (χ4n) is 1.89. The first-order valence-corrected chi connectivity index (χ1v) is 5.90. The van der Waals surface area contributed by atoms with Gasteiger partial charge in [-0.3, -0.25) is 4.79 Å². The monoisotopic (exact) mass is 258 g/mol. The molecule has 2 aromatic carbocycles. The molecule has 98 valence electrons. The van der Waals surface area contributed by atoms with Crippen LogP contribution in [-0.4, -0.2) is 5.91 Å². The molecule has 0 fully saturated rings. The van der Waals surface area contributed by atoms with E-state index in [0.29, 0.717) is 22.5 Å². The molecular formula is C15H15FN2O. The lowest BCUT2D eigenvalue weighted by molar-refractivity contribution is 0.102. The van der Waals surface area contributed by atoms with Crippen LogP contribution in [0.1, 0.15) is 21.5 Å². The molecule has 2 aromatic rings. The van der Waals surface area contributed by atoms with Crippen molar-refractivity contribution in [3.05, 3.63) is 58.9 Å². The van der Waals surface area contributed by atoms with E-state index in [0.717, 1.165) is 5.56 Å². The highest BCUT2D eigenvalue weighted by Gasteiger charge is 2.09. The molecule has 0 saturated heterocycles. The van der Waals surface area contributed by atoms with Gasteiger partial charge in [0.2, 0.25) is 0 Å². The van der Waals surface area contributed by atoms with Crippen molar-refractivity contribution in [2.75, 3.05) is 11.1 Å². The van der Waals surface area contributed by atoms with Gasteiger partial charge in [-0.2, -0.15) is 0 Å². The Morgan fingerprint density at radius 1 is 1.16 bits per heavy atom. The lowest BCUT2D eigenvalue weighted by Gasteiger charge is -2.09. The Morgan fingerprint density at radius 3 is 2.53 bits per heavy atom. The Labute approximate surface area is 111 Å². The summed E-state index contributed by atoms with van der Waals surface area (Å²) in [6.07, 6.45) is 0. The third-order valence-corrected chi connectivity index (χ3v) is 2.80. The van der Waals surface area contributed by atoms with Crippen molar-refractivity contribution in [2.24, 2.45) is 0 Å². The molecule has 0 radical (unpaired) electrons. The highest BCUT2D eigenvalue weighted by Crippen LogP contribution is 2.19. The van der Waals surface area contributed by atoms with Crippen LogP contribution in [0.5, 0.6) is 0 Å². The van der Waals surface area contributed by atoms with E-state index in [-0.39, 0.29) is 5.91 Å². The Kier molecular flexibility index (Phi) is 3.51. The maximum Gasteiger partial charge on any atom is 0.255 e. The molecule has 0 atom stereocenters. The third kappa shape index (κ3) is 3.10. The summed E-state index contributed by atoms with van der Waals surface area (Å²) >= 11 is 0. The highest BCUT2D eigenvalue weighted by molar-refractivity contribution is 6.04. The topological polar surface area (TPSA) is 55.1 Å². The van der Waals surface area contributed by atoms with Gasteiger partial charge in [-0.15, -0.1) is 0 Å². The fraction of sp³-hybridized carbons (Fsp3) is 0.133. The van der Waals surface area contributed by atoms with E-state index < -0.39 is 5.82 Å². The number of halogens is 1. The molecule has 0 heterocycles. The number of rotatable bonds is 2. The Balaban J connectivity index is 2.25. The molecular weight excluding hydrogens is 243 g/mol. The summed E-state index contributed by atoms with van der Waals surface area (Å²) in [7, 11) is 0. The van der Waals surface area contributed by atoms with Gasteiger partial charge < -0.3 is 11.1 Å². The zero-order valence-corrected chi connectivity index (χ0v) is 10.8. The molecule has 0 bridgehead atoms. The van der Waals surface area contributed by atoms with E-state index in [1.54, 1.807) is 31.2 Å². The van der Waals surface area contributed by atoms with Crippen LogP contribution in [0, 0.1) is 19.7 Å². The average Bonchev–Trinajstić information content (AvgIpc) is 2.31. The summed E-state index contributed by atoms with van der Waals surface area (Å²) in [5, 5.41) is 2.75. The second-order valence-electron chi connectivity index (χ2n) is 4.55. The van der Waals surface area contributed by atoms with Gasteiger partial charge in [0, 0.05) is 16.9 Å². The minimum atomic E-state index is -0.417. The summed E-state index contributed by atoms with van der Waals surface area (Å²) in [5.74, 6) is -0.755. The number of carbonyl (C=O) groups is 1. The molecule has 0 saturated carbocycles. The minimum Gasteiger partial charge on any atom is -0.399 e.